The SMILES string of the molecule is CC(=O)OCC1O[C@H](Sc2cc(Cl)c(Cl)c(Cl)c2)[C@@H](C)C(N=[N+]=[N-])[C@H]1OC(C)=O. The first-order chi connectivity index (χ1) is 13.6. The Kier molecular flexibility index (Phi) is 8.75. The molecule has 0 radical (unpaired) electrons. The normalized spacial score (nSPS) is 26.3. The lowest BCUT2D eigenvalue weighted by Gasteiger charge is -2.43. The molecule has 0 N–H and O–H groups in total. The van der Waals surface area contributed by atoms with Crippen molar-refractivity contribution >= 4 is 58.5 Å². The highest BCUT2D eigenvalue weighted by Gasteiger charge is 2.46. The highest BCUT2D eigenvalue weighted by atomic mass is 35.5. The summed E-state index contributed by atoms with van der Waals surface area (Å²) in [6, 6.07) is 2.53. The van der Waals surface area contributed by atoms with Crippen LogP contribution >= 0.6 is 46.6 Å². The standard InChI is InChI=1S/C17H18Cl3N3O5S/c1-7-15(22-23-21)16(27-9(3)25)13(6-26-8(2)24)28-17(7)29-10-4-11(18)14(20)12(19)5-10/h4-5,7,13,15-17H,6H2,1-3H3/t7-,13?,15?,16-,17+/m0/s1. The van der Waals surface area contributed by atoms with Gasteiger partial charge in [-0.3, -0.25) is 9.59 Å². The van der Waals surface area contributed by atoms with Crippen LogP contribution in [0.5, 0.6) is 0 Å². The second-order valence-electron chi connectivity index (χ2n) is 6.29. The Balaban J connectivity index is 2.33. The van der Waals surface area contributed by atoms with Crippen LogP contribution in [0.4, 0.5) is 0 Å². The maximum atomic E-state index is 11.6. The van der Waals surface area contributed by atoms with Gasteiger partial charge in [-0.15, -0.1) is 0 Å². The van der Waals surface area contributed by atoms with Crippen LogP contribution in [0.1, 0.15) is 20.8 Å². The monoisotopic (exact) mass is 481 g/mol. The number of ether oxygens (including phenoxy) is 3. The minimum atomic E-state index is -0.910. The molecule has 1 aromatic carbocycles. The van der Waals surface area contributed by atoms with E-state index in [0.717, 1.165) is 0 Å². The number of hydrogen-bond donors (Lipinski definition) is 0. The number of benzene rings is 1. The Hall–Kier alpha value is -1.35. The number of esters is 2. The third-order valence-corrected chi connectivity index (χ3v) is 6.60. The number of hydrogen-bond acceptors (Lipinski definition) is 7. The van der Waals surface area contributed by atoms with E-state index >= 15 is 0 Å². The fourth-order valence-electron chi connectivity index (χ4n) is 2.82. The van der Waals surface area contributed by atoms with Gasteiger partial charge in [-0.2, -0.15) is 0 Å². The number of thioether (sulfide) groups is 1. The quantitative estimate of drug-likeness (QED) is 0.179. The van der Waals surface area contributed by atoms with Crippen LogP contribution in [0, 0.1) is 5.92 Å². The summed E-state index contributed by atoms with van der Waals surface area (Å²) in [5, 5.41) is 4.62. The number of carbonyl (C=O) groups excluding carboxylic acids is 2. The molecule has 158 valence electrons. The molecule has 2 rings (SSSR count). The van der Waals surface area contributed by atoms with Gasteiger partial charge in [-0.1, -0.05) is 58.6 Å². The van der Waals surface area contributed by atoms with Crippen LogP contribution in [0.25, 0.3) is 10.4 Å². The van der Waals surface area contributed by atoms with Crippen LogP contribution in [-0.2, 0) is 23.8 Å². The summed E-state index contributed by atoms with van der Waals surface area (Å²) in [5.41, 5.74) is 8.47. The van der Waals surface area contributed by atoms with Crippen molar-refractivity contribution in [2.45, 2.75) is 49.4 Å². The van der Waals surface area contributed by atoms with Gasteiger partial charge in [0.2, 0.25) is 0 Å². The van der Waals surface area contributed by atoms with E-state index in [9.17, 15) is 9.59 Å². The van der Waals surface area contributed by atoms with E-state index in [1.165, 1.54) is 25.6 Å². The molecule has 0 aromatic heterocycles. The lowest BCUT2D eigenvalue weighted by atomic mass is 9.91. The Labute approximate surface area is 186 Å². The predicted molar refractivity (Wildman–Crippen MR) is 110 cm³/mol. The molecule has 0 bridgehead atoms. The van der Waals surface area contributed by atoms with Crippen LogP contribution in [-0.4, -0.2) is 42.2 Å². The number of nitrogens with zero attached hydrogens (tertiary/aromatic N) is 3. The van der Waals surface area contributed by atoms with Crippen LogP contribution in [0.15, 0.2) is 22.1 Å². The molecule has 5 atom stereocenters. The molecule has 1 heterocycles. The molecule has 1 aliphatic heterocycles. The van der Waals surface area contributed by atoms with Crippen LogP contribution < -0.4 is 0 Å². The molecule has 1 saturated heterocycles. The summed E-state index contributed by atoms with van der Waals surface area (Å²) in [4.78, 5) is 26.4. The Bertz CT molecular complexity index is 814. The molecule has 1 fully saturated rings. The van der Waals surface area contributed by atoms with E-state index in [2.05, 4.69) is 10.0 Å². The number of carbonyl (C=O) groups is 2. The molecule has 12 heteroatoms. The first-order valence-corrected chi connectivity index (χ1v) is 10.5. The zero-order chi connectivity index (χ0) is 21.7. The van der Waals surface area contributed by atoms with Gasteiger partial charge in [0.1, 0.15) is 24.3 Å². The number of rotatable bonds is 6. The third-order valence-electron chi connectivity index (χ3n) is 4.13. The van der Waals surface area contributed by atoms with Gasteiger partial charge < -0.3 is 14.2 Å². The van der Waals surface area contributed by atoms with Crippen molar-refractivity contribution in [3.63, 3.8) is 0 Å². The first kappa shape index (κ1) is 23.9. The molecule has 0 spiro atoms. The average molecular weight is 483 g/mol. The maximum absolute atomic E-state index is 11.6. The summed E-state index contributed by atoms with van der Waals surface area (Å²) in [6.07, 6.45) is -1.74. The van der Waals surface area contributed by atoms with Crippen molar-refractivity contribution in [3.8, 4) is 0 Å². The van der Waals surface area contributed by atoms with Crippen LogP contribution in [0.3, 0.4) is 0 Å². The second kappa shape index (κ2) is 10.6. The van der Waals surface area contributed by atoms with E-state index in [-0.39, 0.29) is 27.6 Å². The summed E-state index contributed by atoms with van der Waals surface area (Å²) in [6.45, 7) is 4.12. The summed E-state index contributed by atoms with van der Waals surface area (Å²) < 4.78 is 16.4. The van der Waals surface area contributed by atoms with Gasteiger partial charge in [-0.25, -0.2) is 0 Å². The summed E-state index contributed by atoms with van der Waals surface area (Å²) >= 11 is 19.5. The largest absolute Gasteiger partial charge is 0.463 e. The molecular weight excluding hydrogens is 465 g/mol. The van der Waals surface area contributed by atoms with E-state index in [1.807, 2.05) is 0 Å². The molecule has 1 aliphatic rings. The van der Waals surface area contributed by atoms with Crippen LogP contribution in [0.2, 0.25) is 15.1 Å². The van der Waals surface area contributed by atoms with Crippen molar-refractivity contribution in [3.05, 3.63) is 37.6 Å². The van der Waals surface area contributed by atoms with Gasteiger partial charge in [0.05, 0.1) is 21.1 Å². The van der Waals surface area contributed by atoms with Crippen molar-refractivity contribution in [1.82, 2.24) is 0 Å². The minimum absolute atomic E-state index is 0.170. The van der Waals surface area contributed by atoms with Gasteiger partial charge in [0, 0.05) is 29.6 Å². The average Bonchev–Trinajstić information content (AvgIpc) is 2.63. The van der Waals surface area contributed by atoms with Gasteiger partial charge in [0.25, 0.3) is 0 Å². The van der Waals surface area contributed by atoms with Gasteiger partial charge in [-0.05, 0) is 17.7 Å². The first-order valence-electron chi connectivity index (χ1n) is 8.45. The van der Waals surface area contributed by atoms with E-state index in [1.54, 1.807) is 19.1 Å². The summed E-state index contributed by atoms with van der Waals surface area (Å²) in [7, 11) is 0. The zero-order valence-electron chi connectivity index (χ0n) is 15.7. The maximum Gasteiger partial charge on any atom is 0.303 e. The van der Waals surface area contributed by atoms with E-state index in [0.29, 0.717) is 4.90 Å². The van der Waals surface area contributed by atoms with E-state index < -0.39 is 35.6 Å². The molecule has 0 aliphatic carbocycles. The third kappa shape index (κ3) is 6.31. The fraction of sp³-hybridized carbons (Fsp3) is 0.529. The molecule has 0 amide bonds. The molecular formula is C17H18Cl3N3O5S. The number of halogens is 3. The van der Waals surface area contributed by atoms with Crippen molar-refractivity contribution in [2.24, 2.45) is 11.0 Å². The van der Waals surface area contributed by atoms with E-state index in [4.69, 9.17) is 54.5 Å². The molecule has 0 saturated carbocycles. The zero-order valence-corrected chi connectivity index (χ0v) is 18.8. The number of azide groups is 1. The highest BCUT2D eigenvalue weighted by molar-refractivity contribution is 7.99. The Morgan fingerprint density at radius 1 is 1.24 bits per heavy atom. The fourth-order valence-corrected chi connectivity index (χ4v) is 4.76. The Morgan fingerprint density at radius 2 is 1.86 bits per heavy atom. The van der Waals surface area contributed by atoms with Gasteiger partial charge >= 0.3 is 11.9 Å². The minimum Gasteiger partial charge on any atom is -0.463 e. The Morgan fingerprint density at radius 3 is 2.38 bits per heavy atom. The highest BCUT2D eigenvalue weighted by Crippen LogP contribution is 2.42. The molecule has 2 unspecified atom stereocenters. The lowest BCUT2D eigenvalue weighted by molar-refractivity contribution is -0.182. The lowest BCUT2D eigenvalue weighted by Crippen LogP contribution is -2.55. The van der Waals surface area contributed by atoms with Crippen molar-refractivity contribution in [1.29, 1.82) is 0 Å². The predicted octanol–water partition coefficient (Wildman–Crippen LogP) is 5.27. The van der Waals surface area contributed by atoms with Crippen molar-refractivity contribution < 1.29 is 23.8 Å². The van der Waals surface area contributed by atoms with Crippen molar-refractivity contribution in [2.75, 3.05) is 6.61 Å². The van der Waals surface area contributed by atoms with Gasteiger partial charge in [0.15, 0.2) is 0 Å². The summed E-state index contributed by atoms with van der Waals surface area (Å²) in [5.74, 6) is -1.45. The topological polar surface area (TPSA) is 111 Å². The molecule has 29 heavy (non-hydrogen) atoms. The smallest absolute Gasteiger partial charge is 0.303 e. The molecule has 8 nitrogen and oxygen atoms in total. The molecule has 1 aromatic rings. The second-order valence-corrected chi connectivity index (χ2v) is 8.66.